The van der Waals surface area contributed by atoms with Crippen LogP contribution < -0.4 is 14.4 Å². The molecule has 2 aromatic carbocycles. The number of amides is 1. The first kappa shape index (κ1) is 20.5. The fourth-order valence-electron chi connectivity index (χ4n) is 4.51. The highest BCUT2D eigenvalue weighted by molar-refractivity contribution is 5.97. The summed E-state index contributed by atoms with van der Waals surface area (Å²) in [4.78, 5) is 16.8. The topological polar surface area (TPSA) is 62.2 Å². The molecule has 0 radical (unpaired) electrons. The molecule has 1 unspecified atom stereocenters. The van der Waals surface area contributed by atoms with Gasteiger partial charge in [-0.1, -0.05) is 6.07 Å². The fraction of sp³-hybridized carbons (Fsp3) is 0.435. The summed E-state index contributed by atoms with van der Waals surface area (Å²) in [5, 5.41) is 10.6. The Morgan fingerprint density at radius 2 is 1.83 bits per heavy atom. The molecule has 0 spiro atoms. The van der Waals surface area contributed by atoms with Crippen molar-refractivity contribution in [2.75, 3.05) is 32.2 Å². The van der Waals surface area contributed by atoms with E-state index < -0.39 is 6.23 Å². The number of aliphatic hydroxyl groups excluding tert-OH is 1. The van der Waals surface area contributed by atoms with Gasteiger partial charge in [0.1, 0.15) is 23.5 Å². The molecular weight excluding hydrogens is 387 g/mol. The summed E-state index contributed by atoms with van der Waals surface area (Å²) < 4.78 is 24.4. The molecule has 6 nitrogen and oxygen atoms in total. The Morgan fingerprint density at radius 3 is 2.53 bits per heavy atom. The fourth-order valence-corrected chi connectivity index (χ4v) is 4.51. The molecular formula is C23H27FN2O4. The van der Waals surface area contributed by atoms with Gasteiger partial charge in [-0.05, 0) is 55.5 Å². The van der Waals surface area contributed by atoms with Crippen molar-refractivity contribution in [3.05, 3.63) is 53.3 Å². The van der Waals surface area contributed by atoms with Gasteiger partial charge in [0.05, 0.1) is 19.8 Å². The van der Waals surface area contributed by atoms with E-state index in [9.17, 15) is 14.3 Å². The quantitative estimate of drug-likeness (QED) is 0.833. The number of carbonyl (C=O) groups is 1. The molecule has 0 saturated carbocycles. The van der Waals surface area contributed by atoms with Crippen LogP contribution in [0.15, 0.2) is 36.4 Å². The lowest BCUT2D eigenvalue weighted by Crippen LogP contribution is -2.52. The van der Waals surface area contributed by atoms with Gasteiger partial charge in [-0.3, -0.25) is 4.79 Å². The van der Waals surface area contributed by atoms with Crippen molar-refractivity contribution in [3.8, 4) is 11.5 Å². The average Bonchev–Trinajstić information content (AvgIpc) is 2.78. The van der Waals surface area contributed by atoms with Crippen molar-refractivity contribution >= 4 is 11.6 Å². The highest BCUT2D eigenvalue weighted by atomic mass is 19.1. The second-order valence-corrected chi connectivity index (χ2v) is 7.79. The molecule has 1 fully saturated rings. The maximum Gasteiger partial charge on any atom is 0.257 e. The molecule has 0 aliphatic carbocycles. The maximum absolute atomic E-state index is 13.9. The van der Waals surface area contributed by atoms with E-state index in [1.165, 1.54) is 19.2 Å². The van der Waals surface area contributed by atoms with Crippen molar-refractivity contribution < 1.29 is 23.8 Å². The second kappa shape index (κ2) is 8.52. The normalized spacial score (nSPS) is 19.4. The number of fused-ring (bicyclic) bond motifs is 1. The van der Waals surface area contributed by atoms with Crippen molar-refractivity contribution in [1.82, 2.24) is 4.90 Å². The summed E-state index contributed by atoms with van der Waals surface area (Å²) in [5.41, 5.74) is 2.33. The maximum atomic E-state index is 13.9. The molecule has 4 rings (SSSR count). The Morgan fingerprint density at radius 1 is 1.07 bits per heavy atom. The molecule has 1 saturated heterocycles. The Balaban J connectivity index is 1.48. The number of aryl methyl sites for hydroxylation is 1. The summed E-state index contributed by atoms with van der Waals surface area (Å²) >= 11 is 0. The molecule has 160 valence electrons. The molecule has 0 aromatic heterocycles. The summed E-state index contributed by atoms with van der Waals surface area (Å²) in [6.07, 6.45) is 2.14. The summed E-state index contributed by atoms with van der Waals surface area (Å²) in [5.74, 6) is 0.732. The molecule has 0 bridgehead atoms. The van der Waals surface area contributed by atoms with Crippen LogP contribution >= 0.6 is 0 Å². The van der Waals surface area contributed by atoms with Crippen LogP contribution in [0.4, 0.5) is 10.1 Å². The minimum Gasteiger partial charge on any atom is -0.497 e. The summed E-state index contributed by atoms with van der Waals surface area (Å²) in [6, 6.07) is 10.0. The number of carbonyl (C=O) groups excluding carboxylic acids is 1. The van der Waals surface area contributed by atoms with Gasteiger partial charge in [0.2, 0.25) is 0 Å². The first-order valence-corrected chi connectivity index (χ1v) is 10.3. The molecule has 7 heteroatoms. The van der Waals surface area contributed by atoms with E-state index in [0.717, 1.165) is 17.7 Å². The molecule has 2 aliphatic heterocycles. The van der Waals surface area contributed by atoms with E-state index >= 15 is 0 Å². The number of piperidine rings is 1. The molecule has 30 heavy (non-hydrogen) atoms. The number of aliphatic hydroxyl groups is 1. The van der Waals surface area contributed by atoms with E-state index in [1.807, 2.05) is 9.80 Å². The molecule has 1 N–H and O–H groups in total. The third kappa shape index (κ3) is 3.81. The van der Waals surface area contributed by atoms with Crippen LogP contribution in [0.25, 0.3) is 0 Å². The van der Waals surface area contributed by atoms with E-state index in [1.54, 1.807) is 31.4 Å². The SMILES string of the molecule is COc1ccc(C(=O)N2CCC(N3c4cc(F)ccc4CCC3O)CC2)c(OC)c1. The largest absolute Gasteiger partial charge is 0.497 e. The van der Waals surface area contributed by atoms with Crippen LogP contribution in [0.1, 0.15) is 35.2 Å². The lowest BCUT2D eigenvalue weighted by atomic mass is 9.94. The van der Waals surface area contributed by atoms with Gasteiger partial charge in [-0.25, -0.2) is 4.39 Å². The Labute approximate surface area is 175 Å². The lowest BCUT2D eigenvalue weighted by molar-refractivity contribution is 0.0684. The predicted molar refractivity (Wildman–Crippen MR) is 112 cm³/mol. The van der Waals surface area contributed by atoms with E-state index in [4.69, 9.17) is 9.47 Å². The number of hydrogen-bond acceptors (Lipinski definition) is 5. The number of nitrogens with zero attached hydrogens (tertiary/aromatic N) is 2. The number of rotatable bonds is 4. The van der Waals surface area contributed by atoms with Crippen LogP contribution in [0, 0.1) is 5.82 Å². The molecule has 2 heterocycles. The van der Waals surface area contributed by atoms with E-state index in [0.29, 0.717) is 49.4 Å². The third-order valence-corrected chi connectivity index (χ3v) is 6.10. The lowest BCUT2D eigenvalue weighted by Gasteiger charge is -2.45. The standard InChI is InChI=1S/C23H27FN2O4/c1-29-18-6-7-19(21(14-18)30-2)23(28)25-11-9-17(10-12-25)26-20-13-16(24)5-3-15(20)4-8-22(26)27/h3,5-7,13-14,17,22,27H,4,8-12H2,1-2H3. The van der Waals surface area contributed by atoms with E-state index in [2.05, 4.69) is 0 Å². The minimum absolute atomic E-state index is 0.0580. The zero-order valence-corrected chi connectivity index (χ0v) is 17.3. The zero-order valence-electron chi connectivity index (χ0n) is 17.3. The number of hydrogen-bond donors (Lipinski definition) is 1. The van der Waals surface area contributed by atoms with Gasteiger partial charge in [0.25, 0.3) is 5.91 Å². The predicted octanol–water partition coefficient (Wildman–Crippen LogP) is 3.22. The average molecular weight is 414 g/mol. The van der Waals surface area contributed by atoms with Crippen molar-refractivity contribution in [3.63, 3.8) is 0 Å². The summed E-state index contributed by atoms with van der Waals surface area (Å²) in [7, 11) is 3.10. The number of ether oxygens (including phenoxy) is 2. The number of likely N-dealkylation sites (tertiary alicyclic amines) is 1. The van der Waals surface area contributed by atoms with Crippen LogP contribution in [-0.4, -0.2) is 55.5 Å². The first-order chi connectivity index (χ1) is 14.5. The number of anilines is 1. The first-order valence-electron chi connectivity index (χ1n) is 10.3. The third-order valence-electron chi connectivity index (χ3n) is 6.10. The Hall–Kier alpha value is -2.80. The van der Waals surface area contributed by atoms with Crippen LogP contribution in [0.5, 0.6) is 11.5 Å². The highest BCUT2D eigenvalue weighted by Crippen LogP contribution is 2.35. The van der Waals surface area contributed by atoms with Crippen LogP contribution in [0.3, 0.4) is 0 Å². The zero-order chi connectivity index (χ0) is 21.3. The van der Waals surface area contributed by atoms with Crippen molar-refractivity contribution in [1.29, 1.82) is 0 Å². The van der Waals surface area contributed by atoms with Crippen molar-refractivity contribution in [2.24, 2.45) is 0 Å². The molecule has 1 atom stereocenters. The van der Waals surface area contributed by atoms with Gasteiger partial charge >= 0.3 is 0 Å². The molecule has 2 aromatic rings. The smallest absolute Gasteiger partial charge is 0.257 e. The van der Waals surface area contributed by atoms with Gasteiger partial charge in [-0.15, -0.1) is 0 Å². The second-order valence-electron chi connectivity index (χ2n) is 7.79. The minimum atomic E-state index is -0.631. The van der Waals surface area contributed by atoms with Gasteiger partial charge in [-0.2, -0.15) is 0 Å². The molecule has 2 aliphatic rings. The van der Waals surface area contributed by atoms with Crippen LogP contribution in [-0.2, 0) is 6.42 Å². The van der Waals surface area contributed by atoms with E-state index in [-0.39, 0.29) is 17.8 Å². The van der Waals surface area contributed by atoms with Gasteiger partial charge < -0.3 is 24.4 Å². The number of benzene rings is 2. The van der Waals surface area contributed by atoms with Crippen LogP contribution in [0.2, 0.25) is 0 Å². The summed E-state index contributed by atoms with van der Waals surface area (Å²) in [6.45, 7) is 1.12. The number of halogens is 1. The Bertz CT molecular complexity index is 927. The number of methoxy groups -OCH3 is 2. The Kier molecular flexibility index (Phi) is 5.81. The highest BCUT2D eigenvalue weighted by Gasteiger charge is 2.34. The van der Waals surface area contributed by atoms with Gasteiger partial charge in [0, 0.05) is 30.9 Å². The molecule has 1 amide bonds. The van der Waals surface area contributed by atoms with Crippen molar-refractivity contribution in [2.45, 2.75) is 38.0 Å². The monoisotopic (exact) mass is 414 g/mol. The van der Waals surface area contributed by atoms with Gasteiger partial charge in [0.15, 0.2) is 0 Å².